The third-order valence-corrected chi connectivity index (χ3v) is 1.92. The molecule has 2 nitrogen and oxygen atoms in total. The Morgan fingerprint density at radius 3 is 2.50 bits per heavy atom. The number of carbonyl (C=O) groups is 1. The van der Waals surface area contributed by atoms with Crippen molar-refractivity contribution in [2.75, 3.05) is 7.11 Å². The summed E-state index contributed by atoms with van der Waals surface area (Å²) in [5, 5.41) is 0. The SMILES string of the molecule is C#Cc1c(C(=O)OC)cccc1C(F)(F)F. The van der Waals surface area contributed by atoms with Crippen LogP contribution in [-0.2, 0) is 10.9 Å². The third-order valence-electron chi connectivity index (χ3n) is 1.92. The maximum atomic E-state index is 12.5. The number of hydrogen-bond acceptors (Lipinski definition) is 2. The fraction of sp³-hybridized carbons (Fsp3) is 0.182. The molecular formula is C11H7F3O2. The summed E-state index contributed by atoms with van der Waals surface area (Å²) in [6.45, 7) is 0. The van der Waals surface area contributed by atoms with Gasteiger partial charge in [0.2, 0.25) is 0 Å². The average molecular weight is 228 g/mol. The number of methoxy groups -OCH3 is 1. The molecule has 0 atom stereocenters. The summed E-state index contributed by atoms with van der Waals surface area (Å²) >= 11 is 0. The number of hydrogen-bond donors (Lipinski definition) is 0. The summed E-state index contributed by atoms with van der Waals surface area (Å²) in [7, 11) is 1.07. The van der Waals surface area contributed by atoms with E-state index in [1.165, 1.54) is 6.07 Å². The van der Waals surface area contributed by atoms with E-state index in [9.17, 15) is 18.0 Å². The Kier molecular flexibility index (Phi) is 3.23. The predicted molar refractivity (Wildman–Crippen MR) is 50.7 cm³/mol. The summed E-state index contributed by atoms with van der Waals surface area (Å²) in [5.74, 6) is 0.975. The molecule has 0 saturated heterocycles. The van der Waals surface area contributed by atoms with Crippen LogP contribution in [-0.4, -0.2) is 13.1 Å². The van der Waals surface area contributed by atoms with Crippen LogP contribution in [0.4, 0.5) is 13.2 Å². The van der Waals surface area contributed by atoms with Gasteiger partial charge in [-0.3, -0.25) is 0 Å². The molecule has 0 aromatic heterocycles. The molecule has 1 aromatic rings. The van der Waals surface area contributed by atoms with E-state index in [0.717, 1.165) is 19.2 Å². The maximum absolute atomic E-state index is 12.5. The highest BCUT2D eigenvalue weighted by Gasteiger charge is 2.34. The van der Waals surface area contributed by atoms with Crippen LogP contribution in [0.1, 0.15) is 21.5 Å². The van der Waals surface area contributed by atoms with Gasteiger partial charge >= 0.3 is 12.1 Å². The first-order valence-corrected chi connectivity index (χ1v) is 4.17. The Bertz CT molecular complexity index is 455. The van der Waals surface area contributed by atoms with E-state index in [1.807, 2.05) is 5.92 Å². The molecule has 0 heterocycles. The van der Waals surface area contributed by atoms with Gasteiger partial charge in [0.1, 0.15) is 0 Å². The first-order chi connectivity index (χ1) is 7.41. The van der Waals surface area contributed by atoms with Crippen LogP contribution in [0.2, 0.25) is 0 Å². The van der Waals surface area contributed by atoms with Crippen LogP contribution in [0.3, 0.4) is 0 Å². The number of carbonyl (C=O) groups excluding carboxylic acids is 1. The Morgan fingerprint density at radius 1 is 1.44 bits per heavy atom. The molecule has 0 bridgehead atoms. The minimum absolute atomic E-state index is 0.264. The maximum Gasteiger partial charge on any atom is 0.417 e. The lowest BCUT2D eigenvalue weighted by atomic mass is 10.0. The van der Waals surface area contributed by atoms with Gasteiger partial charge in [-0.1, -0.05) is 12.0 Å². The van der Waals surface area contributed by atoms with Crippen LogP contribution in [0.15, 0.2) is 18.2 Å². The highest BCUT2D eigenvalue weighted by molar-refractivity contribution is 5.92. The quantitative estimate of drug-likeness (QED) is 0.545. The smallest absolute Gasteiger partial charge is 0.417 e. The normalized spacial score (nSPS) is 10.7. The van der Waals surface area contributed by atoms with Crippen LogP contribution in [0, 0.1) is 12.3 Å². The lowest BCUT2D eigenvalue weighted by Crippen LogP contribution is -2.12. The molecule has 0 unspecified atom stereocenters. The molecule has 5 heteroatoms. The molecule has 0 amide bonds. The highest BCUT2D eigenvalue weighted by atomic mass is 19.4. The van der Waals surface area contributed by atoms with Gasteiger partial charge in [-0.05, 0) is 12.1 Å². The number of benzene rings is 1. The van der Waals surface area contributed by atoms with Crippen molar-refractivity contribution < 1.29 is 22.7 Å². The largest absolute Gasteiger partial charge is 0.465 e. The number of ether oxygens (including phenoxy) is 1. The van der Waals surface area contributed by atoms with Crippen LogP contribution in [0.5, 0.6) is 0 Å². The average Bonchev–Trinajstić information content (AvgIpc) is 2.25. The van der Waals surface area contributed by atoms with Crippen molar-refractivity contribution in [2.45, 2.75) is 6.18 Å². The summed E-state index contributed by atoms with van der Waals surface area (Å²) in [4.78, 5) is 11.2. The fourth-order valence-corrected chi connectivity index (χ4v) is 1.22. The van der Waals surface area contributed by atoms with E-state index in [2.05, 4.69) is 4.74 Å². The molecular weight excluding hydrogens is 221 g/mol. The number of terminal acetylenes is 1. The standard InChI is InChI=1S/C11H7F3O2/c1-3-7-8(10(15)16-2)5-4-6-9(7)11(12,13)14/h1,4-6H,2H3. The van der Waals surface area contributed by atoms with E-state index in [4.69, 9.17) is 6.42 Å². The van der Waals surface area contributed by atoms with Crippen molar-refractivity contribution >= 4 is 5.97 Å². The summed E-state index contributed by atoms with van der Waals surface area (Å²) in [5.41, 5.74) is -1.78. The lowest BCUT2D eigenvalue weighted by Gasteiger charge is -2.11. The van der Waals surface area contributed by atoms with Gasteiger partial charge in [-0.25, -0.2) is 4.79 Å². The van der Waals surface area contributed by atoms with E-state index >= 15 is 0 Å². The number of rotatable bonds is 1. The molecule has 0 N–H and O–H groups in total. The fourth-order valence-electron chi connectivity index (χ4n) is 1.22. The number of esters is 1. The zero-order valence-corrected chi connectivity index (χ0v) is 8.26. The summed E-state index contributed by atoms with van der Waals surface area (Å²) < 4.78 is 41.9. The van der Waals surface area contributed by atoms with Gasteiger partial charge in [-0.15, -0.1) is 6.42 Å². The molecule has 0 fully saturated rings. The molecule has 0 spiro atoms. The molecule has 0 radical (unpaired) electrons. The second kappa shape index (κ2) is 4.27. The lowest BCUT2D eigenvalue weighted by molar-refractivity contribution is -0.137. The van der Waals surface area contributed by atoms with Crippen molar-refractivity contribution in [2.24, 2.45) is 0 Å². The van der Waals surface area contributed by atoms with Gasteiger partial charge in [0.05, 0.1) is 23.8 Å². The summed E-state index contributed by atoms with van der Waals surface area (Å²) in [6, 6.07) is 3.12. The molecule has 1 rings (SSSR count). The highest BCUT2D eigenvalue weighted by Crippen LogP contribution is 2.33. The molecule has 84 valence electrons. The van der Waals surface area contributed by atoms with Crippen LogP contribution in [0.25, 0.3) is 0 Å². The monoisotopic (exact) mass is 228 g/mol. The van der Waals surface area contributed by atoms with Gasteiger partial charge in [0.25, 0.3) is 0 Å². The molecule has 0 aliphatic rings. The second-order valence-corrected chi connectivity index (χ2v) is 2.86. The Labute approximate surface area is 90.0 Å². The zero-order chi connectivity index (χ0) is 12.3. The van der Waals surface area contributed by atoms with E-state index in [-0.39, 0.29) is 5.56 Å². The number of alkyl halides is 3. The van der Waals surface area contributed by atoms with E-state index < -0.39 is 23.3 Å². The van der Waals surface area contributed by atoms with Crippen molar-refractivity contribution in [3.63, 3.8) is 0 Å². The van der Waals surface area contributed by atoms with Crippen LogP contribution < -0.4 is 0 Å². The van der Waals surface area contributed by atoms with Crippen LogP contribution >= 0.6 is 0 Å². The van der Waals surface area contributed by atoms with Crippen molar-refractivity contribution in [3.8, 4) is 12.3 Å². The van der Waals surface area contributed by atoms with Gasteiger partial charge in [-0.2, -0.15) is 13.2 Å². The Hall–Kier alpha value is -1.96. The zero-order valence-electron chi connectivity index (χ0n) is 8.26. The van der Waals surface area contributed by atoms with Gasteiger partial charge in [0, 0.05) is 0 Å². The minimum atomic E-state index is -4.59. The predicted octanol–water partition coefficient (Wildman–Crippen LogP) is 2.47. The van der Waals surface area contributed by atoms with Crippen molar-refractivity contribution in [1.29, 1.82) is 0 Å². The van der Waals surface area contributed by atoms with Crippen molar-refractivity contribution in [1.82, 2.24) is 0 Å². The molecule has 1 aromatic carbocycles. The Morgan fingerprint density at radius 2 is 2.06 bits per heavy atom. The molecule has 0 aliphatic carbocycles. The molecule has 16 heavy (non-hydrogen) atoms. The van der Waals surface area contributed by atoms with E-state index in [1.54, 1.807) is 0 Å². The first kappa shape index (κ1) is 12.1. The second-order valence-electron chi connectivity index (χ2n) is 2.86. The molecule has 0 aliphatic heterocycles. The van der Waals surface area contributed by atoms with Gasteiger partial charge in [0.15, 0.2) is 0 Å². The number of halogens is 3. The first-order valence-electron chi connectivity index (χ1n) is 4.17. The third kappa shape index (κ3) is 2.16. The van der Waals surface area contributed by atoms with Gasteiger partial charge < -0.3 is 4.74 Å². The minimum Gasteiger partial charge on any atom is -0.465 e. The Balaban J connectivity index is 3.46. The topological polar surface area (TPSA) is 26.3 Å². The van der Waals surface area contributed by atoms with Crippen molar-refractivity contribution in [3.05, 3.63) is 34.9 Å². The summed E-state index contributed by atoms with van der Waals surface area (Å²) in [6.07, 6.45) is 0.391. The van der Waals surface area contributed by atoms with E-state index in [0.29, 0.717) is 0 Å². The molecule has 0 saturated carbocycles.